The fourth-order valence-corrected chi connectivity index (χ4v) is 2.06. The number of nitrogens with zero attached hydrogens (tertiary/aromatic N) is 2. The summed E-state index contributed by atoms with van der Waals surface area (Å²) >= 11 is 0. The van der Waals surface area contributed by atoms with Crippen molar-refractivity contribution in [2.75, 3.05) is 12.8 Å². The summed E-state index contributed by atoms with van der Waals surface area (Å²) in [6.07, 6.45) is 1.44. The van der Waals surface area contributed by atoms with Gasteiger partial charge in [0.2, 0.25) is 0 Å². The fourth-order valence-electron chi connectivity index (χ4n) is 2.06. The van der Waals surface area contributed by atoms with Crippen molar-refractivity contribution in [3.8, 4) is 0 Å². The Bertz CT molecular complexity index is 719. The van der Waals surface area contributed by atoms with Gasteiger partial charge in [-0.1, -0.05) is 0 Å². The molecule has 2 rings (SSSR count). The maximum atomic E-state index is 12.4. The second kappa shape index (κ2) is 4.96. The Balaban J connectivity index is 2.49. The van der Waals surface area contributed by atoms with E-state index in [1.165, 1.54) is 18.0 Å². The van der Waals surface area contributed by atoms with Gasteiger partial charge in [0.25, 0.3) is 5.56 Å². The molecule has 0 aliphatic heterocycles. The van der Waals surface area contributed by atoms with Gasteiger partial charge < -0.3 is 10.5 Å². The van der Waals surface area contributed by atoms with E-state index in [-0.39, 0.29) is 18.1 Å². The molecule has 0 saturated heterocycles. The lowest BCUT2D eigenvalue weighted by Crippen LogP contribution is -2.35. The van der Waals surface area contributed by atoms with Crippen molar-refractivity contribution in [3.63, 3.8) is 0 Å². The molecule has 0 bridgehead atoms. The molecular formula is C14H17N3O3. The Hall–Kier alpha value is -2.37. The highest BCUT2D eigenvalue weighted by molar-refractivity contribution is 5.81. The maximum Gasteiger partial charge on any atom is 0.313 e. The van der Waals surface area contributed by atoms with Gasteiger partial charge in [-0.05, 0) is 32.0 Å². The molecule has 1 aromatic carbocycles. The van der Waals surface area contributed by atoms with Crippen LogP contribution in [-0.4, -0.2) is 22.6 Å². The highest BCUT2D eigenvalue weighted by atomic mass is 16.5. The van der Waals surface area contributed by atoms with Crippen LogP contribution >= 0.6 is 0 Å². The van der Waals surface area contributed by atoms with Crippen molar-refractivity contribution in [2.24, 2.45) is 5.41 Å². The Morgan fingerprint density at radius 1 is 1.45 bits per heavy atom. The highest BCUT2D eigenvalue weighted by Gasteiger charge is 2.29. The van der Waals surface area contributed by atoms with Crippen molar-refractivity contribution in [1.29, 1.82) is 0 Å². The zero-order chi connectivity index (χ0) is 14.9. The minimum Gasteiger partial charge on any atom is -0.469 e. The molecule has 2 N–H and O–H groups in total. The lowest BCUT2D eigenvalue weighted by molar-refractivity contribution is -0.151. The number of nitrogens with two attached hydrogens (primary N) is 1. The molecule has 106 valence electrons. The summed E-state index contributed by atoms with van der Waals surface area (Å²) in [7, 11) is 1.33. The molecule has 1 heterocycles. The first kappa shape index (κ1) is 14.0. The van der Waals surface area contributed by atoms with Crippen LogP contribution in [0.25, 0.3) is 10.9 Å². The molecule has 1 aromatic heterocycles. The van der Waals surface area contributed by atoms with Crippen LogP contribution in [0.15, 0.2) is 29.3 Å². The average molecular weight is 275 g/mol. The molecule has 0 saturated carbocycles. The predicted octanol–water partition coefficient (Wildman–Crippen LogP) is 1.18. The summed E-state index contributed by atoms with van der Waals surface area (Å²) in [6.45, 7) is 3.62. The lowest BCUT2D eigenvalue weighted by Gasteiger charge is -2.22. The second-order valence-electron chi connectivity index (χ2n) is 5.33. The van der Waals surface area contributed by atoms with E-state index in [0.717, 1.165) is 0 Å². The molecule has 6 heteroatoms. The first-order valence-electron chi connectivity index (χ1n) is 6.18. The number of hydrogen-bond donors (Lipinski definition) is 1. The molecule has 0 radical (unpaired) electrons. The number of hydrogen-bond acceptors (Lipinski definition) is 5. The molecule has 0 unspecified atom stereocenters. The van der Waals surface area contributed by atoms with E-state index in [1.54, 1.807) is 32.0 Å². The van der Waals surface area contributed by atoms with Gasteiger partial charge >= 0.3 is 5.97 Å². The number of fused-ring (bicyclic) bond motifs is 1. The van der Waals surface area contributed by atoms with E-state index >= 15 is 0 Å². The molecule has 0 atom stereocenters. The number of methoxy groups -OCH3 is 1. The van der Waals surface area contributed by atoms with E-state index in [1.807, 2.05) is 0 Å². The van der Waals surface area contributed by atoms with Crippen molar-refractivity contribution in [1.82, 2.24) is 9.55 Å². The van der Waals surface area contributed by atoms with Crippen molar-refractivity contribution < 1.29 is 9.53 Å². The van der Waals surface area contributed by atoms with Crippen molar-refractivity contribution in [2.45, 2.75) is 20.4 Å². The first-order valence-corrected chi connectivity index (χ1v) is 6.18. The number of benzene rings is 1. The molecule has 2 aromatic rings. The van der Waals surface area contributed by atoms with Crippen LogP contribution in [0.4, 0.5) is 5.69 Å². The van der Waals surface area contributed by atoms with Crippen LogP contribution in [0.3, 0.4) is 0 Å². The Kier molecular flexibility index (Phi) is 3.48. The number of carbonyl (C=O) groups is 1. The van der Waals surface area contributed by atoms with Crippen molar-refractivity contribution >= 4 is 22.6 Å². The van der Waals surface area contributed by atoms with Gasteiger partial charge in [0.05, 0.1) is 29.8 Å². The van der Waals surface area contributed by atoms with E-state index < -0.39 is 5.41 Å². The molecule has 20 heavy (non-hydrogen) atoms. The van der Waals surface area contributed by atoms with Crippen molar-refractivity contribution in [3.05, 3.63) is 34.9 Å². The average Bonchev–Trinajstić information content (AvgIpc) is 2.41. The predicted molar refractivity (Wildman–Crippen MR) is 76.2 cm³/mol. The summed E-state index contributed by atoms with van der Waals surface area (Å²) in [5.41, 5.74) is 5.74. The standard InChI is InChI=1S/C14H17N3O3/c1-14(2,13(19)20-3)7-17-8-16-11-5-4-9(15)6-10(11)12(17)18/h4-6,8H,7,15H2,1-3H3. The van der Waals surface area contributed by atoms with Crippen LogP contribution in [0.5, 0.6) is 0 Å². The normalized spacial score (nSPS) is 11.6. The summed E-state index contributed by atoms with van der Waals surface area (Å²) < 4.78 is 6.14. The van der Waals surface area contributed by atoms with Gasteiger partial charge in [0, 0.05) is 12.2 Å². The highest BCUT2D eigenvalue weighted by Crippen LogP contribution is 2.19. The number of ether oxygens (including phenoxy) is 1. The monoisotopic (exact) mass is 275 g/mol. The quantitative estimate of drug-likeness (QED) is 0.671. The molecule has 0 fully saturated rings. The second-order valence-corrected chi connectivity index (χ2v) is 5.33. The van der Waals surface area contributed by atoms with E-state index in [9.17, 15) is 9.59 Å². The third-order valence-electron chi connectivity index (χ3n) is 3.15. The Morgan fingerprint density at radius 3 is 2.80 bits per heavy atom. The number of nitrogen functional groups attached to an aromatic ring is 1. The zero-order valence-corrected chi connectivity index (χ0v) is 11.7. The van der Waals surface area contributed by atoms with E-state index in [0.29, 0.717) is 16.6 Å². The van der Waals surface area contributed by atoms with Gasteiger partial charge in [-0.25, -0.2) is 4.98 Å². The van der Waals surface area contributed by atoms with E-state index in [4.69, 9.17) is 10.5 Å². The third-order valence-corrected chi connectivity index (χ3v) is 3.15. The topological polar surface area (TPSA) is 87.2 Å². The van der Waals surface area contributed by atoms with Crippen LogP contribution in [0.2, 0.25) is 0 Å². The lowest BCUT2D eigenvalue weighted by atomic mass is 9.93. The van der Waals surface area contributed by atoms with Gasteiger partial charge in [-0.3, -0.25) is 14.2 Å². The number of esters is 1. The van der Waals surface area contributed by atoms with E-state index in [2.05, 4.69) is 4.98 Å². The summed E-state index contributed by atoms with van der Waals surface area (Å²) in [4.78, 5) is 28.3. The molecule has 0 aliphatic carbocycles. The molecule has 6 nitrogen and oxygen atoms in total. The molecule has 0 spiro atoms. The molecule has 0 aliphatic rings. The number of rotatable bonds is 3. The van der Waals surface area contributed by atoms with Crippen LogP contribution in [-0.2, 0) is 16.1 Å². The molecular weight excluding hydrogens is 258 g/mol. The van der Waals surface area contributed by atoms with Crippen LogP contribution < -0.4 is 11.3 Å². The zero-order valence-electron chi connectivity index (χ0n) is 11.7. The minimum atomic E-state index is -0.811. The van der Waals surface area contributed by atoms with Gasteiger partial charge in [0.1, 0.15) is 0 Å². The smallest absolute Gasteiger partial charge is 0.313 e. The summed E-state index contributed by atoms with van der Waals surface area (Å²) in [5.74, 6) is -0.378. The number of aromatic nitrogens is 2. The van der Waals surface area contributed by atoms with Crippen LogP contribution in [0.1, 0.15) is 13.8 Å². The third kappa shape index (κ3) is 2.49. The van der Waals surface area contributed by atoms with Gasteiger partial charge in [0.15, 0.2) is 0 Å². The number of anilines is 1. The largest absolute Gasteiger partial charge is 0.469 e. The maximum absolute atomic E-state index is 12.4. The van der Waals surface area contributed by atoms with Gasteiger partial charge in [-0.2, -0.15) is 0 Å². The Morgan fingerprint density at radius 2 is 2.15 bits per heavy atom. The summed E-state index contributed by atoms with van der Waals surface area (Å²) in [6, 6.07) is 4.98. The number of carbonyl (C=O) groups excluding carboxylic acids is 1. The van der Waals surface area contributed by atoms with Crippen LogP contribution in [0, 0.1) is 5.41 Å². The molecule has 0 amide bonds. The minimum absolute atomic E-state index is 0.191. The SMILES string of the molecule is COC(=O)C(C)(C)Cn1cnc2ccc(N)cc2c1=O. The fraction of sp³-hybridized carbons (Fsp3) is 0.357. The first-order chi connectivity index (χ1) is 9.35. The van der Waals surface area contributed by atoms with Gasteiger partial charge in [-0.15, -0.1) is 0 Å². The Labute approximate surface area is 116 Å². The summed E-state index contributed by atoms with van der Waals surface area (Å²) in [5, 5.41) is 0.438.